The molecule has 4 nitrogen and oxygen atoms in total. The molecule has 0 fully saturated rings. The number of fused-ring (bicyclic) bond motifs is 1. The van der Waals surface area contributed by atoms with Crippen molar-refractivity contribution in [2.75, 3.05) is 5.73 Å². The van der Waals surface area contributed by atoms with Crippen molar-refractivity contribution in [1.82, 2.24) is 0 Å². The molecular formula is C11H9NO3. The molecule has 0 aliphatic heterocycles. The van der Waals surface area contributed by atoms with Crippen LogP contribution in [0.3, 0.4) is 0 Å². The van der Waals surface area contributed by atoms with Crippen molar-refractivity contribution in [2.24, 2.45) is 0 Å². The Hall–Kier alpha value is -2.23. The third-order valence-electron chi connectivity index (χ3n) is 2.29. The van der Waals surface area contributed by atoms with E-state index < -0.39 is 5.97 Å². The van der Waals surface area contributed by atoms with Crippen molar-refractivity contribution in [3.63, 3.8) is 0 Å². The van der Waals surface area contributed by atoms with Crippen molar-refractivity contribution in [2.45, 2.75) is 0 Å². The van der Waals surface area contributed by atoms with Crippen molar-refractivity contribution >= 4 is 22.4 Å². The summed E-state index contributed by atoms with van der Waals surface area (Å²) in [5.74, 6) is -1.32. The molecule has 76 valence electrons. The average Bonchev–Trinajstić information content (AvgIpc) is 2.23. The monoisotopic (exact) mass is 203 g/mol. The molecule has 0 bridgehead atoms. The molecule has 0 saturated heterocycles. The first-order valence-electron chi connectivity index (χ1n) is 4.34. The molecule has 4 heteroatoms. The quantitative estimate of drug-likeness (QED) is 0.487. The van der Waals surface area contributed by atoms with Gasteiger partial charge in [0.05, 0.1) is 11.3 Å². The minimum Gasteiger partial charge on any atom is -0.505 e. The van der Waals surface area contributed by atoms with Crippen molar-refractivity contribution in [3.05, 3.63) is 35.9 Å². The third-order valence-corrected chi connectivity index (χ3v) is 2.29. The first-order chi connectivity index (χ1) is 7.11. The molecule has 0 aliphatic carbocycles. The van der Waals surface area contributed by atoms with Gasteiger partial charge < -0.3 is 15.9 Å². The van der Waals surface area contributed by atoms with Gasteiger partial charge >= 0.3 is 5.97 Å². The lowest BCUT2D eigenvalue weighted by molar-refractivity contribution is 0.0698. The Morgan fingerprint density at radius 2 is 1.93 bits per heavy atom. The predicted molar refractivity (Wildman–Crippen MR) is 57.0 cm³/mol. The zero-order valence-corrected chi connectivity index (χ0v) is 7.77. The van der Waals surface area contributed by atoms with Gasteiger partial charge in [-0.3, -0.25) is 0 Å². The summed E-state index contributed by atoms with van der Waals surface area (Å²) >= 11 is 0. The van der Waals surface area contributed by atoms with Crippen LogP contribution in [0.4, 0.5) is 5.69 Å². The number of nitrogen functional groups attached to an aromatic ring is 1. The van der Waals surface area contributed by atoms with Gasteiger partial charge in [-0.25, -0.2) is 4.79 Å². The van der Waals surface area contributed by atoms with E-state index in [-0.39, 0.29) is 17.0 Å². The van der Waals surface area contributed by atoms with Crippen LogP contribution in [0.1, 0.15) is 10.4 Å². The van der Waals surface area contributed by atoms with E-state index >= 15 is 0 Å². The number of phenols is 1. The molecule has 0 aromatic heterocycles. The number of carbonyl (C=O) groups is 1. The summed E-state index contributed by atoms with van der Waals surface area (Å²) in [5.41, 5.74) is 5.35. The van der Waals surface area contributed by atoms with Crippen LogP contribution >= 0.6 is 0 Å². The standard InChI is InChI=1S/C11H9NO3/c12-9-8(11(14)15)5-6-3-1-2-4-7(6)10(9)13/h1-5,13H,12H2,(H,14,15). The van der Waals surface area contributed by atoms with E-state index in [2.05, 4.69) is 0 Å². The molecule has 0 saturated carbocycles. The zero-order valence-electron chi connectivity index (χ0n) is 7.77. The van der Waals surface area contributed by atoms with Gasteiger partial charge in [-0.2, -0.15) is 0 Å². The SMILES string of the molecule is Nc1c(C(=O)O)cc2ccccc2c1O. The molecular weight excluding hydrogens is 194 g/mol. The van der Waals surface area contributed by atoms with E-state index in [1.54, 1.807) is 24.3 Å². The fourth-order valence-electron chi connectivity index (χ4n) is 1.52. The number of aromatic hydroxyl groups is 1. The molecule has 0 amide bonds. The molecule has 2 aromatic carbocycles. The maximum atomic E-state index is 10.8. The molecule has 4 N–H and O–H groups in total. The molecule has 0 radical (unpaired) electrons. The highest BCUT2D eigenvalue weighted by atomic mass is 16.4. The summed E-state index contributed by atoms with van der Waals surface area (Å²) in [6.07, 6.45) is 0. The molecule has 0 unspecified atom stereocenters. The number of carboxylic acid groups (broad SMARTS) is 1. The Morgan fingerprint density at radius 1 is 1.27 bits per heavy atom. The Kier molecular flexibility index (Phi) is 1.97. The van der Waals surface area contributed by atoms with E-state index in [0.29, 0.717) is 10.8 Å². The Balaban J connectivity index is 2.88. The summed E-state index contributed by atoms with van der Waals surface area (Å²) in [6.45, 7) is 0. The van der Waals surface area contributed by atoms with E-state index in [0.717, 1.165) is 0 Å². The molecule has 0 atom stereocenters. The van der Waals surface area contributed by atoms with Crippen molar-refractivity contribution in [3.8, 4) is 5.75 Å². The van der Waals surface area contributed by atoms with Crippen LogP contribution < -0.4 is 5.73 Å². The Labute approximate surface area is 85.6 Å². The van der Waals surface area contributed by atoms with E-state index in [4.69, 9.17) is 10.8 Å². The van der Waals surface area contributed by atoms with Crippen LogP contribution in [-0.4, -0.2) is 16.2 Å². The Bertz CT molecular complexity index is 549. The number of hydrogen-bond acceptors (Lipinski definition) is 3. The summed E-state index contributed by atoms with van der Waals surface area (Å²) < 4.78 is 0. The molecule has 0 heterocycles. The van der Waals surface area contributed by atoms with E-state index in [1.165, 1.54) is 6.07 Å². The minimum absolute atomic E-state index is 0.0776. The zero-order chi connectivity index (χ0) is 11.0. The topological polar surface area (TPSA) is 83.6 Å². The minimum atomic E-state index is -1.14. The van der Waals surface area contributed by atoms with Gasteiger partial charge in [0.1, 0.15) is 5.75 Å². The van der Waals surface area contributed by atoms with Crippen LogP contribution in [0.25, 0.3) is 10.8 Å². The van der Waals surface area contributed by atoms with Gasteiger partial charge in [0, 0.05) is 5.39 Å². The highest BCUT2D eigenvalue weighted by Crippen LogP contribution is 2.33. The lowest BCUT2D eigenvalue weighted by Gasteiger charge is -2.07. The summed E-state index contributed by atoms with van der Waals surface area (Å²) in [5, 5.41) is 19.8. The molecule has 2 rings (SSSR count). The second kappa shape index (κ2) is 3.16. The molecule has 2 aromatic rings. The van der Waals surface area contributed by atoms with Crippen LogP contribution in [0.2, 0.25) is 0 Å². The summed E-state index contributed by atoms with van der Waals surface area (Å²) in [6, 6.07) is 8.38. The number of benzene rings is 2. The number of rotatable bonds is 1. The number of anilines is 1. The van der Waals surface area contributed by atoms with Gasteiger partial charge in [-0.1, -0.05) is 24.3 Å². The molecule has 0 spiro atoms. The van der Waals surface area contributed by atoms with E-state index in [1.807, 2.05) is 0 Å². The number of carboxylic acids is 1. The number of hydrogen-bond donors (Lipinski definition) is 3. The third kappa shape index (κ3) is 1.36. The molecule has 0 aliphatic rings. The Morgan fingerprint density at radius 3 is 2.60 bits per heavy atom. The maximum absolute atomic E-state index is 10.8. The average molecular weight is 203 g/mol. The maximum Gasteiger partial charge on any atom is 0.337 e. The normalized spacial score (nSPS) is 10.4. The van der Waals surface area contributed by atoms with Gasteiger partial charge in [-0.15, -0.1) is 0 Å². The van der Waals surface area contributed by atoms with Gasteiger partial charge in [0.25, 0.3) is 0 Å². The van der Waals surface area contributed by atoms with E-state index in [9.17, 15) is 9.90 Å². The van der Waals surface area contributed by atoms with Crippen LogP contribution in [0, 0.1) is 0 Å². The second-order valence-electron chi connectivity index (χ2n) is 3.21. The smallest absolute Gasteiger partial charge is 0.337 e. The molecule has 15 heavy (non-hydrogen) atoms. The van der Waals surface area contributed by atoms with Crippen molar-refractivity contribution < 1.29 is 15.0 Å². The fraction of sp³-hybridized carbons (Fsp3) is 0. The van der Waals surface area contributed by atoms with Gasteiger partial charge in [0.2, 0.25) is 0 Å². The van der Waals surface area contributed by atoms with Crippen LogP contribution in [-0.2, 0) is 0 Å². The predicted octanol–water partition coefficient (Wildman–Crippen LogP) is 1.83. The lowest BCUT2D eigenvalue weighted by Crippen LogP contribution is -2.02. The highest BCUT2D eigenvalue weighted by Gasteiger charge is 2.14. The number of phenolic OH excluding ortho intramolecular Hbond substituents is 1. The lowest BCUT2D eigenvalue weighted by atomic mass is 10.0. The first-order valence-corrected chi connectivity index (χ1v) is 4.34. The highest BCUT2D eigenvalue weighted by molar-refractivity contribution is 6.04. The number of nitrogens with two attached hydrogens (primary N) is 1. The fourth-order valence-corrected chi connectivity index (χ4v) is 1.52. The second-order valence-corrected chi connectivity index (χ2v) is 3.21. The van der Waals surface area contributed by atoms with Gasteiger partial charge in [0.15, 0.2) is 0 Å². The summed E-state index contributed by atoms with van der Waals surface area (Å²) in [4.78, 5) is 10.8. The van der Waals surface area contributed by atoms with Gasteiger partial charge in [-0.05, 0) is 11.5 Å². The van der Waals surface area contributed by atoms with Crippen LogP contribution in [0.15, 0.2) is 30.3 Å². The largest absolute Gasteiger partial charge is 0.505 e. The number of aromatic carboxylic acids is 1. The first kappa shape index (κ1) is 9.33. The summed E-state index contributed by atoms with van der Waals surface area (Å²) in [7, 11) is 0. The van der Waals surface area contributed by atoms with Crippen molar-refractivity contribution in [1.29, 1.82) is 0 Å². The van der Waals surface area contributed by atoms with Crippen LogP contribution in [0.5, 0.6) is 5.75 Å².